The lowest BCUT2D eigenvalue weighted by Crippen LogP contribution is -2.58. The first-order valence-corrected chi connectivity index (χ1v) is 9.60. The Morgan fingerprint density at radius 3 is 1.94 bits per heavy atom. The van der Waals surface area contributed by atoms with E-state index in [-0.39, 0.29) is 19.8 Å². The van der Waals surface area contributed by atoms with Crippen LogP contribution < -0.4 is 21.3 Å². The van der Waals surface area contributed by atoms with Crippen LogP contribution in [0.1, 0.15) is 27.7 Å². The molecule has 0 saturated carbocycles. The standard InChI is InChI=1S/C18H27N5O8/c1-5-30-17(28)19-9-12(22-18(29)31-6-2)16(27)21-11(4)20-15(26)10(3)23-13(24)7-8-14(23)25/h7-8,10-12H,5-6,9H2,1-4H3,(H,19,28)(H,20,26)(H,21,27)(H,22,29). The van der Waals surface area contributed by atoms with Crippen LogP contribution in [0.3, 0.4) is 0 Å². The molecule has 0 spiro atoms. The lowest BCUT2D eigenvalue weighted by molar-refractivity contribution is -0.145. The topological polar surface area (TPSA) is 172 Å². The minimum atomic E-state index is -1.23. The van der Waals surface area contributed by atoms with Gasteiger partial charge in [0.2, 0.25) is 11.8 Å². The third kappa shape index (κ3) is 7.95. The Bertz CT molecular complexity index is 735. The zero-order valence-electron chi connectivity index (χ0n) is 17.7. The molecule has 0 radical (unpaired) electrons. The maximum atomic E-state index is 12.5. The molecule has 0 aliphatic carbocycles. The largest absolute Gasteiger partial charge is 0.450 e. The molecule has 1 aliphatic heterocycles. The first-order valence-electron chi connectivity index (χ1n) is 9.60. The number of carbonyl (C=O) groups is 6. The van der Waals surface area contributed by atoms with Crippen LogP contribution in [0.5, 0.6) is 0 Å². The second-order valence-corrected chi connectivity index (χ2v) is 6.31. The lowest BCUT2D eigenvalue weighted by Gasteiger charge is -2.25. The van der Waals surface area contributed by atoms with Gasteiger partial charge in [0.15, 0.2) is 0 Å². The number of hydrogen-bond donors (Lipinski definition) is 4. The molecule has 3 atom stereocenters. The third-order valence-electron chi connectivity index (χ3n) is 3.94. The molecule has 1 aliphatic rings. The van der Waals surface area contributed by atoms with Crippen molar-refractivity contribution in [2.45, 2.75) is 45.9 Å². The highest BCUT2D eigenvalue weighted by molar-refractivity contribution is 6.15. The molecule has 1 heterocycles. The van der Waals surface area contributed by atoms with Crippen molar-refractivity contribution in [3.05, 3.63) is 12.2 Å². The molecule has 0 bridgehead atoms. The van der Waals surface area contributed by atoms with Gasteiger partial charge in [-0.15, -0.1) is 0 Å². The Kier molecular flexibility index (Phi) is 9.95. The number of ether oxygens (including phenoxy) is 2. The molecule has 0 saturated heterocycles. The monoisotopic (exact) mass is 441 g/mol. The van der Waals surface area contributed by atoms with E-state index in [0.29, 0.717) is 0 Å². The predicted molar refractivity (Wildman–Crippen MR) is 105 cm³/mol. The summed E-state index contributed by atoms with van der Waals surface area (Å²) in [5, 5.41) is 9.50. The molecule has 0 aromatic carbocycles. The van der Waals surface area contributed by atoms with Crippen molar-refractivity contribution in [2.24, 2.45) is 0 Å². The van der Waals surface area contributed by atoms with Crippen molar-refractivity contribution in [3.63, 3.8) is 0 Å². The molecular weight excluding hydrogens is 414 g/mol. The number of imide groups is 1. The van der Waals surface area contributed by atoms with E-state index in [0.717, 1.165) is 17.1 Å². The summed E-state index contributed by atoms with van der Waals surface area (Å²) >= 11 is 0. The lowest BCUT2D eigenvalue weighted by atomic mass is 10.2. The van der Waals surface area contributed by atoms with Crippen molar-refractivity contribution >= 4 is 35.8 Å². The van der Waals surface area contributed by atoms with E-state index in [2.05, 4.69) is 21.3 Å². The Labute approximate surface area is 178 Å². The second kappa shape index (κ2) is 12.1. The van der Waals surface area contributed by atoms with Crippen LogP contribution >= 0.6 is 0 Å². The van der Waals surface area contributed by atoms with Crippen LogP contribution in [0.15, 0.2) is 12.2 Å². The van der Waals surface area contributed by atoms with Gasteiger partial charge in [-0.1, -0.05) is 0 Å². The molecule has 13 heteroatoms. The zero-order chi connectivity index (χ0) is 23.6. The van der Waals surface area contributed by atoms with Crippen molar-refractivity contribution in [2.75, 3.05) is 19.8 Å². The van der Waals surface area contributed by atoms with E-state index < -0.39 is 54.1 Å². The van der Waals surface area contributed by atoms with E-state index >= 15 is 0 Å². The van der Waals surface area contributed by atoms with E-state index in [4.69, 9.17) is 9.47 Å². The third-order valence-corrected chi connectivity index (χ3v) is 3.94. The molecular formula is C18H27N5O8. The zero-order valence-corrected chi connectivity index (χ0v) is 17.7. The molecule has 172 valence electrons. The van der Waals surface area contributed by atoms with Gasteiger partial charge in [0.05, 0.1) is 25.9 Å². The van der Waals surface area contributed by atoms with E-state index in [1.807, 2.05) is 0 Å². The number of amides is 6. The van der Waals surface area contributed by atoms with Gasteiger partial charge in [-0.2, -0.15) is 0 Å². The van der Waals surface area contributed by atoms with Crippen molar-refractivity contribution in [3.8, 4) is 0 Å². The van der Waals surface area contributed by atoms with Gasteiger partial charge >= 0.3 is 12.2 Å². The summed E-state index contributed by atoms with van der Waals surface area (Å²) in [7, 11) is 0. The summed E-state index contributed by atoms with van der Waals surface area (Å²) in [4.78, 5) is 72.2. The summed E-state index contributed by atoms with van der Waals surface area (Å²) in [5.41, 5.74) is 0. The summed E-state index contributed by atoms with van der Waals surface area (Å²) in [6.45, 7) is 5.87. The summed E-state index contributed by atoms with van der Waals surface area (Å²) in [6.07, 6.45) is -0.483. The molecule has 0 aromatic rings. The van der Waals surface area contributed by atoms with Gasteiger partial charge in [0.1, 0.15) is 12.1 Å². The molecule has 13 nitrogen and oxygen atoms in total. The maximum absolute atomic E-state index is 12.5. The molecule has 4 N–H and O–H groups in total. The summed E-state index contributed by atoms with van der Waals surface area (Å²) < 4.78 is 9.44. The number of carbonyl (C=O) groups excluding carboxylic acids is 6. The highest BCUT2D eigenvalue weighted by Gasteiger charge is 2.33. The molecule has 0 fully saturated rings. The fourth-order valence-corrected chi connectivity index (χ4v) is 2.49. The molecule has 1 rings (SSSR count). The normalized spacial score (nSPS) is 15.5. The minimum absolute atomic E-state index is 0.0681. The highest BCUT2D eigenvalue weighted by atomic mass is 16.6. The minimum Gasteiger partial charge on any atom is -0.450 e. The summed E-state index contributed by atoms with van der Waals surface area (Å²) in [6, 6.07) is -2.33. The van der Waals surface area contributed by atoms with Crippen LogP contribution in [0, 0.1) is 0 Å². The average molecular weight is 441 g/mol. The molecule has 3 unspecified atom stereocenters. The van der Waals surface area contributed by atoms with Crippen LogP contribution in [0.4, 0.5) is 9.59 Å². The van der Waals surface area contributed by atoms with Crippen LogP contribution in [-0.2, 0) is 28.7 Å². The molecule has 31 heavy (non-hydrogen) atoms. The number of rotatable bonds is 10. The van der Waals surface area contributed by atoms with E-state index in [1.54, 1.807) is 13.8 Å². The fourth-order valence-electron chi connectivity index (χ4n) is 2.49. The van der Waals surface area contributed by atoms with Crippen molar-refractivity contribution < 1.29 is 38.2 Å². The molecule has 0 aromatic heterocycles. The SMILES string of the molecule is CCOC(=O)NCC(NC(=O)OCC)C(=O)NC(C)NC(=O)C(C)N1C(=O)C=CC1=O. The summed E-state index contributed by atoms with van der Waals surface area (Å²) in [5.74, 6) is -2.65. The van der Waals surface area contributed by atoms with Gasteiger partial charge < -0.3 is 30.7 Å². The smallest absolute Gasteiger partial charge is 0.407 e. The Morgan fingerprint density at radius 1 is 0.871 bits per heavy atom. The highest BCUT2D eigenvalue weighted by Crippen LogP contribution is 2.09. The first-order chi connectivity index (χ1) is 14.6. The van der Waals surface area contributed by atoms with Crippen LogP contribution in [0.25, 0.3) is 0 Å². The van der Waals surface area contributed by atoms with Gasteiger partial charge in [-0.25, -0.2) is 9.59 Å². The fraction of sp³-hybridized carbons (Fsp3) is 0.556. The Hall–Kier alpha value is -3.64. The van der Waals surface area contributed by atoms with E-state index in [9.17, 15) is 28.8 Å². The van der Waals surface area contributed by atoms with Crippen LogP contribution in [0.2, 0.25) is 0 Å². The first kappa shape index (κ1) is 25.4. The maximum Gasteiger partial charge on any atom is 0.407 e. The van der Waals surface area contributed by atoms with Gasteiger partial charge in [-0.3, -0.25) is 24.1 Å². The van der Waals surface area contributed by atoms with Gasteiger partial charge in [-0.05, 0) is 27.7 Å². The second-order valence-electron chi connectivity index (χ2n) is 6.31. The van der Waals surface area contributed by atoms with Gasteiger partial charge in [0.25, 0.3) is 11.8 Å². The predicted octanol–water partition coefficient (Wildman–Crippen LogP) is -1.26. The van der Waals surface area contributed by atoms with Crippen LogP contribution in [-0.4, -0.2) is 78.7 Å². The number of nitrogens with one attached hydrogen (secondary N) is 4. The average Bonchev–Trinajstić information content (AvgIpc) is 3.02. The van der Waals surface area contributed by atoms with Crippen molar-refractivity contribution in [1.29, 1.82) is 0 Å². The number of hydrogen-bond acceptors (Lipinski definition) is 8. The Balaban J connectivity index is 2.68. The Morgan fingerprint density at radius 2 is 1.39 bits per heavy atom. The number of alkyl carbamates (subject to hydrolysis) is 2. The van der Waals surface area contributed by atoms with E-state index in [1.165, 1.54) is 13.8 Å². The number of nitrogens with zero attached hydrogens (tertiary/aromatic N) is 1. The van der Waals surface area contributed by atoms with Gasteiger partial charge in [0, 0.05) is 12.2 Å². The molecule has 6 amide bonds. The quantitative estimate of drug-likeness (QED) is 0.240. The van der Waals surface area contributed by atoms with Crippen molar-refractivity contribution in [1.82, 2.24) is 26.2 Å².